The highest BCUT2D eigenvalue weighted by Gasteiger charge is 2.11. The summed E-state index contributed by atoms with van der Waals surface area (Å²) in [7, 11) is 0. The van der Waals surface area contributed by atoms with E-state index in [1.165, 1.54) is 18.2 Å². The van der Waals surface area contributed by atoms with Crippen LogP contribution < -0.4 is 0 Å². The molecule has 0 fully saturated rings. The van der Waals surface area contributed by atoms with E-state index >= 15 is 0 Å². The molecule has 1 aromatic heterocycles. The second kappa shape index (κ2) is 5.79. The van der Waals surface area contributed by atoms with E-state index in [1.54, 1.807) is 6.92 Å². The van der Waals surface area contributed by atoms with E-state index in [9.17, 15) is 9.18 Å². The van der Waals surface area contributed by atoms with E-state index in [0.717, 1.165) is 0 Å². The Morgan fingerprint density at radius 3 is 2.94 bits per heavy atom. The van der Waals surface area contributed by atoms with Gasteiger partial charge in [-0.1, -0.05) is 19.2 Å². The Labute approximate surface area is 98.5 Å². The first-order valence-corrected chi connectivity index (χ1v) is 5.00. The SMILES string of the molecule is C=C/C(=C\C(=C)F)c1cc(C(=O)OCC)[nH]n1. The predicted octanol–water partition coefficient (Wildman–Crippen LogP) is 2.64. The van der Waals surface area contributed by atoms with Crippen LogP contribution in [0.5, 0.6) is 0 Å². The number of carbonyl (C=O) groups excluding carboxylic acids is 1. The van der Waals surface area contributed by atoms with Crippen LogP contribution in [-0.2, 0) is 4.74 Å². The molecule has 0 amide bonds. The number of hydrogen-bond acceptors (Lipinski definition) is 3. The van der Waals surface area contributed by atoms with Gasteiger partial charge in [0.05, 0.1) is 12.3 Å². The second-order valence-corrected chi connectivity index (χ2v) is 3.14. The minimum Gasteiger partial charge on any atom is -0.461 e. The Morgan fingerprint density at radius 1 is 1.71 bits per heavy atom. The highest BCUT2D eigenvalue weighted by molar-refractivity contribution is 5.88. The summed E-state index contributed by atoms with van der Waals surface area (Å²) < 4.78 is 17.5. The lowest BCUT2D eigenvalue weighted by molar-refractivity contribution is 0.0519. The molecule has 0 aliphatic carbocycles. The molecule has 0 atom stereocenters. The minimum absolute atomic E-state index is 0.207. The summed E-state index contributed by atoms with van der Waals surface area (Å²) >= 11 is 0. The highest BCUT2D eigenvalue weighted by atomic mass is 19.1. The molecule has 90 valence electrons. The van der Waals surface area contributed by atoms with Crippen LogP contribution in [0.3, 0.4) is 0 Å². The number of ether oxygens (including phenoxy) is 1. The number of aromatic nitrogens is 2. The first-order valence-electron chi connectivity index (χ1n) is 5.00. The maximum Gasteiger partial charge on any atom is 0.356 e. The van der Waals surface area contributed by atoms with Crippen molar-refractivity contribution in [2.75, 3.05) is 6.61 Å². The third kappa shape index (κ3) is 3.41. The zero-order valence-electron chi connectivity index (χ0n) is 9.50. The number of carbonyl (C=O) groups is 1. The maximum absolute atomic E-state index is 12.7. The average Bonchev–Trinajstić information content (AvgIpc) is 2.75. The van der Waals surface area contributed by atoms with E-state index < -0.39 is 11.8 Å². The molecule has 0 aliphatic heterocycles. The zero-order chi connectivity index (χ0) is 12.8. The van der Waals surface area contributed by atoms with Gasteiger partial charge in [0.2, 0.25) is 0 Å². The van der Waals surface area contributed by atoms with Gasteiger partial charge in [0, 0.05) is 5.57 Å². The molecule has 0 saturated carbocycles. The van der Waals surface area contributed by atoms with Gasteiger partial charge in [-0.25, -0.2) is 9.18 Å². The van der Waals surface area contributed by atoms with Gasteiger partial charge in [-0.05, 0) is 19.1 Å². The molecule has 4 nitrogen and oxygen atoms in total. The fourth-order valence-corrected chi connectivity index (χ4v) is 1.19. The lowest BCUT2D eigenvalue weighted by Gasteiger charge is -1.96. The third-order valence-corrected chi connectivity index (χ3v) is 1.90. The molecule has 0 spiro atoms. The standard InChI is InChI=1S/C12H13FN2O2/c1-4-9(6-8(3)13)10-7-11(15-14-10)12(16)17-5-2/h4,6-7H,1,3,5H2,2H3,(H,14,15)/b9-6+. The summed E-state index contributed by atoms with van der Waals surface area (Å²) in [4.78, 5) is 11.4. The van der Waals surface area contributed by atoms with Gasteiger partial charge in [0.1, 0.15) is 11.5 Å². The number of esters is 1. The Hall–Kier alpha value is -2.17. The Kier molecular flexibility index (Phi) is 4.39. The number of allylic oxidation sites excluding steroid dienone is 4. The van der Waals surface area contributed by atoms with Crippen molar-refractivity contribution in [1.82, 2.24) is 10.2 Å². The molecule has 0 bridgehead atoms. The summed E-state index contributed by atoms with van der Waals surface area (Å²) in [5.74, 6) is -1.12. The second-order valence-electron chi connectivity index (χ2n) is 3.14. The third-order valence-electron chi connectivity index (χ3n) is 1.90. The summed E-state index contributed by atoms with van der Waals surface area (Å²) in [6.45, 7) is 8.64. The Morgan fingerprint density at radius 2 is 2.41 bits per heavy atom. The van der Waals surface area contributed by atoms with Crippen LogP contribution in [0.25, 0.3) is 5.57 Å². The van der Waals surface area contributed by atoms with E-state index in [1.807, 2.05) is 0 Å². The lowest BCUT2D eigenvalue weighted by Crippen LogP contribution is -2.04. The fraction of sp³-hybridized carbons (Fsp3) is 0.167. The topological polar surface area (TPSA) is 55.0 Å². The van der Waals surface area contributed by atoms with Crippen molar-refractivity contribution in [3.8, 4) is 0 Å². The van der Waals surface area contributed by atoms with E-state index in [4.69, 9.17) is 4.74 Å². The molecule has 0 radical (unpaired) electrons. The number of nitrogens with zero attached hydrogens (tertiary/aromatic N) is 1. The summed E-state index contributed by atoms with van der Waals surface area (Å²) in [5.41, 5.74) is 1.05. The van der Waals surface area contributed by atoms with Crippen LogP contribution in [0.1, 0.15) is 23.1 Å². The average molecular weight is 236 g/mol. The molecule has 1 aromatic rings. The molecule has 5 heteroatoms. The van der Waals surface area contributed by atoms with Crippen molar-refractivity contribution in [2.24, 2.45) is 0 Å². The van der Waals surface area contributed by atoms with Crippen LogP contribution in [0.4, 0.5) is 4.39 Å². The first kappa shape index (κ1) is 12.9. The summed E-state index contributed by atoms with van der Waals surface area (Å²) in [5, 5.41) is 6.38. The quantitative estimate of drug-likeness (QED) is 0.631. The normalized spacial score (nSPS) is 11.1. The Balaban J connectivity index is 2.97. The predicted molar refractivity (Wildman–Crippen MR) is 63.0 cm³/mol. The molecule has 1 heterocycles. The molecule has 0 unspecified atom stereocenters. The van der Waals surface area contributed by atoms with Crippen molar-refractivity contribution < 1.29 is 13.9 Å². The van der Waals surface area contributed by atoms with Crippen LogP contribution >= 0.6 is 0 Å². The van der Waals surface area contributed by atoms with Gasteiger partial charge >= 0.3 is 5.97 Å². The first-order chi connectivity index (χ1) is 8.08. The van der Waals surface area contributed by atoms with Gasteiger partial charge in [-0.2, -0.15) is 5.10 Å². The molecule has 1 rings (SSSR count). The van der Waals surface area contributed by atoms with Crippen LogP contribution in [-0.4, -0.2) is 22.8 Å². The molecule has 1 N–H and O–H groups in total. The monoisotopic (exact) mass is 236 g/mol. The largest absolute Gasteiger partial charge is 0.461 e. The van der Waals surface area contributed by atoms with E-state index in [2.05, 4.69) is 23.4 Å². The van der Waals surface area contributed by atoms with Crippen molar-refractivity contribution in [1.29, 1.82) is 0 Å². The van der Waals surface area contributed by atoms with Gasteiger partial charge in [0.15, 0.2) is 0 Å². The number of hydrogen-bond donors (Lipinski definition) is 1. The molecule has 17 heavy (non-hydrogen) atoms. The number of nitrogens with one attached hydrogen (secondary N) is 1. The van der Waals surface area contributed by atoms with E-state index in [0.29, 0.717) is 11.3 Å². The maximum atomic E-state index is 12.7. The number of aromatic amines is 1. The lowest BCUT2D eigenvalue weighted by atomic mass is 10.1. The zero-order valence-corrected chi connectivity index (χ0v) is 9.50. The van der Waals surface area contributed by atoms with Crippen molar-refractivity contribution in [3.05, 3.63) is 48.6 Å². The van der Waals surface area contributed by atoms with Crippen molar-refractivity contribution in [3.63, 3.8) is 0 Å². The highest BCUT2D eigenvalue weighted by Crippen LogP contribution is 2.16. The molecular weight excluding hydrogens is 223 g/mol. The van der Waals surface area contributed by atoms with Crippen molar-refractivity contribution in [2.45, 2.75) is 6.92 Å². The van der Waals surface area contributed by atoms with Crippen molar-refractivity contribution >= 4 is 11.5 Å². The number of H-pyrrole nitrogens is 1. The number of halogens is 1. The number of rotatable bonds is 5. The molecule has 0 saturated heterocycles. The van der Waals surface area contributed by atoms with Crippen LogP contribution in [0.15, 0.2) is 37.2 Å². The van der Waals surface area contributed by atoms with E-state index in [-0.39, 0.29) is 12.3 Å². The summed E-state index contributed by atoms with van der Waals surface area (Å²) in [6.07, 6.45) is 2.61. The summed E-state index contributed by atoms with van der Waals surface area (Å²) in [6, 6.07) is 1.47. The molecule has 0 aromatic carbocycles. The van der Waals surface area contributed by atoms with Crippen LogP contribution in [0.2, 0.25) is 0 Å². The fourth-order valence-electron chi connectivity index (χ4n) is 1.19. The van der Waals surface area contributed by atoms with Gasteiger partial charge in [-0.3, -0.25) is 5.10 Å². The Bertz CT molecular complexity index is 475. The van der Waals surface area contributed by atoms with Gasteiger partial charge in [-0.15, -0.1) is 0 Å². The van der Waals surface area contributed by atoms with Crippen LogP contribution in [0, 0.1) is 0 Å². The van der Waals surface area contributed by atoms with Gasteiger partial charge in [0.25, 0.3) is 0 Å². The smallest absolute Gasteiger partial charge is 0.356 e. The molecular formula is C12H13FN2O2. The molecule has 0 aliphatic rings. The minimum atomic E-state index is -0.611. The van der Waals surface area contributed by atoms with Gasteiger partial charge < -0.3 is 4.74 Å².